The summed E-state index contributed by atoms with van der Waals surface area (Å²) in [6.07, 6.45) is 4.06. The van der Waals surface area contributed by atoms with Crippen molar-refractivity contribution in [2.24, 2.45) is 0 Å². The summed E-state index contributed by atoms with van der Waals surface area (Å²) in [6, 6.07) is 1.92. The minimum Gasteiger partial charge on any atom is -0.474 e. The van der Waals surface area contributed by atoms with E-state index in [1.54, 1.807) is 0 Å². The molecule has 1 N–H and O–H groups in total. The fraction of sp³-hybridized carbons (Fsp3) is 0.667. The van der Waals surface area contributed by atoms with Gasteiger partial charge in [-0.15, -0.1) is 0 Å². The van der Waals surface area contributed by atoms with Crippen LogP contribution >= 0.6 is 11.6 Å². The molecule has 3 nitrogen and oxygen atoms in total. The van der Waals surface area contributed by atoms with Crippen molar-refractivity contribution >= 4 is 11.6 Å². The number of pyridine rings is 1. The smallest absolute Gasteiger partial charge is 0.232 e. The Bertz CT molecular complexity index is 402. The highest BCUT2D eigenvalue weighted by Gasteiger charge is 2.11. The van der Waals surface area contributed by atoms with Crippen LogP contribution < -0.4 is 10.1 Å². The van der Waals surface area contributed by atoms with Crippen LogP contribution in [0.4, 0.5) is 0 Å². The van der Waals surface area contributed by atoms with E-state index in [4.69, 9.17) is 16.3 Å². The van der Waals surface area contributed by atoms with Crippen molar-refractivity contribution in [3.8, 4) is 5.88 Å². The molecule has 1 unspecified atom stereocenters. The molecular formula is C15H25ClN2O. The monoisotopic (exact) mass is 284 g/mol. The van der Waals surface area contributed by atoms with Crippen LogP contribution in [-0.2, 0) is 6.54 Å². The van der Waals surface area contributed by atoms with E-state index < -0.39 is 0 Å². The van der Waals surface area contributed by atoms with Crippen molar-refractivity contribution in [3.63, 3.8) is 0 Å². The maximum Gasteiger partial charge on any atom is 0.232 e. The van der Waals surface area contributed by atoms with E-state index in [0.717, 1.165) is 24.9 Å². The highest BCUT2D eigenvalue weighted by molar-refractivity contribution is 6.31. The van der Waals surface area contributed by atoms with E-state index in [2.05, 4.69) is 38.0 Å². The van der Waals surface area contributed by atoms with Gasteiger partial charge in [0, 0.05) is 18.3 Å². The molecule has 4 heteroatoms. The fourth-order valence-electron chi connectivity index (χ4n) is 1.67. The molecule has 1 aromatic heterocycles. The topological polar surface area (TPSA) is 34.1 Å². The summed E-state index contributed by atoms with van der Waals surface area (Å²) in [6.45, 7) is 11.3. The van der Waals surface area contributed by atoms with Gasteiger partial charge in [-0.05, 0) is 45.7 Å². The molecule has 0 amide bonds. The first kappa shape index (κ1) is 16.3. The minimum atomic E-state index is 0.0806. The molecule has 0 bridgehead atoms. The van der Waals surface area contributed by atoms with Crippen molar-refractivity contribution in [2.75, 3.05) is 0 Å². The van der Waals surface area contributed by atoms with Crippen LogP contribution in [-0.4, -0.2) is 16.6 Å². The van der Waals surface area contributed by atoms with E-state index in [1.807, 2.05) is 19.2 Å². The van der Waals surface area contributed by atoms with Crippen molar-refractivity contribution in [1.29, 1.82) is 0 Å². The third-order valence-electron chi connectivity index (χ3n) is 2.69. The number of rotatable bonds is 6. The van der Waals surface area contributed by atoms with E-state index in [1.165, 1.54) is 0 Å². The number of hydrogen-bond acceptors (Lipinski definition) is 3. The summed E-state index contributed by atoms with van der Waals surface area (Å²) < 4.78 is 5.72. The predicted octanol–water partition coefficient (Wildman–Crippen LogP) is 4.19. The number of nitrogens with zero attached hydrogens (tertiary/aromatic N) is 1. The molecule has 1 aromatic rings. The maximum absolute atomic E-state index is 6.21. The molecule has 0 spiro atoms. The molecule has 1 heterocycles. The lowest BCUT2D eigenvalue weighted by atomic mass is 10.1. The van der Waals surface area contributed by atoms with Crippen LogP contribution in [0.15, 0.2) is 12.3 Å². The first-order chi connectivity index (χ1) is 8.81. The number of hydrogen-bond donors (Lipinski definition) is 1. The van der Waals surface area contributed by atoms with Crippen LogP contribution in [0.2, 0.25) is 5.02 Å². The third kappa shape index (κ3) is 6.26. The first-order valence-corrected chi connectivity index (χ1v) is 7.25. The van der Waals surface area contributed by atoms with Crippen LogP contribution in [0.3, 0.4) is 0 Å². The van der Waals surface area contributed by atoms with Gasteiger partial charge in [0.2, 0.25) is 5.88 Å². The summed E-state index contributed by atoms with van der Waals surface area (Å²) in [7, 11) is 0. The lowest BCUT2D eigenvalue weighted by Crippen LogP contribution is -2.35. The Morgan fingerprint density at radius 2 is 2.11 bits per heavy atom. The second kappa shape index (κ2) is 7.11. The highest BCUT2D eigenvalue weighted by Crippen LogP contribution is 2.24. The van der Waals surface area contributed by atoms with Crippen molar-refractivity contribution < 1.29 is 4.74 Å². The van der Waals surface area contributed by atoms with Gasteiger partial charge in [-0.3, -0.25) is 0 Å². The summed E-state index contributed by atoms with van der Waals surface area (Å²) in [5.74, 6) is 0.530. The second-order valence-corrected chi connectivity index (χ2v) is 6.36. The van der Waals surface area contributed by atoms with Crippen LogP contribution in [0.5, 0.6) is 5.88 Å². The lowest BCUT2D eigenvalue weighted by Gasteiger charge is -2.20. The van der Waals surface area contributed by atoms with Crippen molar-refractivity contribution in [3.05, 3.63) is 22.8 Å². The summed E-state index contributed by atoms with van der Waals surface area (Å²) in [4.78, 5) is 4.31. The first-order valence-electron chi connectivity index (χ1n) is 6.88. The van der Waals surface area contributed by atoms with Crippen LogP contribution in [0.1, 0.15) is 53.0 Å². The van der Waals surface area contributed by atoms with Gasteiger partial charge in [0.1, 0.15) is 5.02 Å². The number of aromatic nitrogens is 1. The van der Waals surface area contributed by atoms with E-state index in [-0.39, 0.29) is 11.6 Å². The van der Waals surface area contributed by atoms with Crippen LogP contribution in [0.25, 0.3) is 0 Å². The lowest BCUT2D eigenvalue weighted by molar-refractivity contribution is 0.201. The normalized spacial score (nSPS) is 13.4. The molecule has 0 saturated carbocycles. The molecule has 1 rings (SSSR count). The van der Waals surface area contributed by atoms with Crippen molar-refractivity contribution in [1.82, 2.24) is 10.3 Å². The highest BCUT2D eigenvalue weighted by atomic mass is 35.5. The zero-order valence-electron chi connectivity index (χ0n) is 12.6. The molecule has 108 valence electrons. The SMILES string of the molecule is CCCC(C)Oc1ncc(CNC(C)(C)C)cc1Cl. The number of nitrogens with one attached hydrogen (secondary N) is 1. The molecule has 0 aliphatic rings. The Balaban J connectivity index is 2.64. The number of ether oxygens (including phenoxy) is 1. The number of halogens is 1. The second-order valence-electron chi connectivity index (χ2n) is 5.95. The Kier molecular flexibility index (Phi) is 6.08. The molecule has 1 atom stereocenters. The molecule has 0 radical (unpaired) electrons. The summed E-state index contributed by atoms with van der Waals surface area (Å²) in [5.41, 5.74) is 1.15. The zero-order chi connectivity index (χ0) is 14.5. The molecular weight excluding hydrogens is 260 g/mol. The van der Waals surface area contributed by atoms with E-state index >= 15 is 0 Å². The van der Waals surface area contributed by atoms with Gasteiger partial charge in [0.05, 0.1) is 6.10 Å². The molecule has 0 aliphatic carbocycles. The molecule has 0 fully saturated rings. The molecule has 0 aromatic carbocycles. The zero-order valence-corrected chi connectivity index (χ0v) is 13.3. The molecule has 0 saturated heterocycles. The van der Waals surface area contributed by atoms with Gasteiger partial charge in [-0.2, -0.15) is 0 Å². The third-order valence-corrected chi connectivity index (χ3v) is 2.97. The summed E-state index contributed by atoms with van der Waals surface area (Å²) >= 11 is 6.21. The standard InChI is InChI=1S/C15H25ClN2O/c1-6-7-11(2)19-14-13(16)8-12(9-17-14)10-18-15(3,4)5/h8-9,11,18H,6-7,10H2,1-5H3. The van der Waals surface area contributed by atoms with Gasteiger partial charge >= 0.3 is 0 Å². The average molecular weight is 285 g/mol. The quantitative estimate of drug-likeness (QED) is 0.850. The van der Waals surface area contributed by atoms with Crippen molar-refractivity contribution in [2.45, 2.75) is 65.6 Å². The Labute approximate surface area is 121 Å². The van der Waals surface area contributed by atoms with Gasteiger partial charge in [0.15, 0.2) is 0 Å². The Morgan fingerprint density at radius 3 is 2.63 bits per heavy atom. The predicted molar refractivity (Wildman–Crippen MR) is 80.8 cm³/mol. The average Bonchev–Trinajstić information content (AvgIpc) is 2.29. The fourth-order valence-corrected chi connectivity index (χ4v) is 1.91. The Hall–Kier alpha value is -0.800. The van der Waals surface area contributed by atoms with Gasteiger partial charge in [0.25, 0.3) is 0 Å². The van der Waals surface area contributed by atoms with Gasteiger partial charge in [-0.25, -0.2) is 4.98 Å². The maximum atomic E-state index is 6.21. The van der Waals surface area contributed by atoms with Crippen LogP contribution in [0, 0.1) is 0 Å². The van der Waals surface area contributed by atoms with E-state index in [9.17, 15) is 0 Å². The minimum absolute atomic E-state index is 0.0806. The largest absolute Gasteiger partial charge is 0.474 e. The van der Waals surface area contributed by atoms with Gasteiger partial charge < -0.3 is 10.1 Å². The van der Waals surface area contributed by atoms with E-state index in [0.29, 0.717) is 10.9 Å². The molecule has 0 aliphatic heterocycles. The molecule has 19 heavy (non-hydrogen) atoms. The van der Waals surface area contributed by atoms with Gasteiger partial charge in [-0.1, -0.05) is 24.9 Å². The Morgan fingerprint density at radius 1 is 1.42 bits per heavy atom. The summed E-state index contributed by atoms with van der Waals surface area (Å²) in [5, 5.41) is 3.99.